The number of nitrogens with one attached hydrogen (secondary N) is 1. The van der Waals surface area contributed by atoms with E-state index in [1.807, 2.05) is 42.5 Å². The number of carbonyl (C=O) groups excluding carboxylic acids is 1. The van der Waals surface area contributed by atoms with Crippen LogP contribution < -0.4 is 10.1 Å². The van der Waals surface area contributed by atoms with Crippen molar-refractivity contribution in [1.29, 1.82) is 0 Å². The van der Waals surface area contributed by atoms with Gasteiger partial charge in [0.2, 0.25) is 5.91 Å². The highest BCUT2D eigenvalue weighted by Crippen LogP contribution is 2.24. The number of nitrogens with zero attached hydrogens (tertiary/aromatic N) is 2. The number of aromatic nitrogens is 2. The average molecular weight is 444 g/mol. The lowest BCUT2D eigenvalue weighted by molar-refractivity contribution is -0.120. The summed E-state index contributed by atoms with van der Waals surface area (Å²) in [5.41, 5.74) is 4.56. The number of rotatable bonds is 9. The fourth-order valence-electron chi connectivity index (χ4n) is 3.25. The monoisotopic (exact) mass is 443 g/mol. The molecule has 32 heavy (non-hydrogen) atoms. The first-order chi connectivity index (χ1) is 15.6. The van der Waals surface area contributed by atoms with Crippen molar-refractivity contribution in [2.75, 3.05) is 6.54 Å². The maximum Gasteiger partial charge on any atom is 0.298 e. The summed E-state index contributed by atoms with van der Waals surface area (Å²) < 4.78 is 10.2. The van der Waals surface area contributed by atoms with Crippen molar-refractivity contribution in [3.8, 4) is 10.9 Å². The zero-order chi connectivity index (χ0) is 22.2. The van der Waals surface area contributed by atoms with Gasteiger partial charge < -0.3 is 10.1 Å². The molecule has 0 saturated carbocycles. The molecule has 0 spiro atoms. The van der Waals surface area contributed by atoms with Crippen LogP contribution in [0.1, 0.15) is 28.1 Å². The molecule has 0 fully saturated rings. The number of benzene rings is 3. The molecule has 1 aromatic heterocycles. The summed E-state index contributed by atoms with van der Waals surface area (Å²) in [4.78, 5) is 16.7. The summed E-state index contributed by atoms with van der Waals surface area (Å²) in [6.07, 6.45) is 1.85. The van der Waals surface area contributed by atoms with Crippen LogP contribution in [0.5, 0.6) is 10.9 Å². The van der Waals surface area contributed by atoms with E-state index in [1.165, 1.54) is 28.2 Å². The largest absolute Gasteiger partial charge is 0.430 e. The Morgan fingerprint density at radius 3 is 2.38 bits per heavy atom. The minimum absolute atomic E-state index is 0.0134. The van der Waals surface area contributed by atoms with Crippen LogP contribution in [0.3, 0.4) is 0 Å². The van der Waals surface area contributed by atoms with Crippen LogP contribution in [-0.4, -0.2) is 21.8 Å². The van der Waals surface area contributed by atoms with E-state index in [1.54, 1.807) is 0 Å². The van der Waals surface area contributed by atoms with Crippen LogP contribution in [0.25, 0.3) is 0 Å². The van der Waals surface area contributed by atoms with Gasteiger partial charge in [0, 0.05) is 24.5 Å². The number of amides is 1. The van der Waals surface area contributed by atoms with Gasteiger partial charge in [0.15, 0.2) is 5.82 Å². The molecule has 6 heteroatoms. The second-order valence-electron chi connectivity index (χ2n) is 7.65. The summed E-state index contributed by atoms with van der Waals surface area (Å²) in [5.74, 6) is 1.44. The molecule has 0 aliphatic heterocycles. The lowest BCUT2D eigenvalue weighted by atomic mass is 10.1. The van der Waals surface area contributed by atoms with Gasteiger partial charge in [-0.15, -0.1) is 0 Å². The summed E-state index contributed by atoms with van der Waals surface area (Å²) in [7, 11) is 0. The van der Waals surface area contributed by atoms with E-state index in [0.717, 1.165) is 17.8 Å². The number of carbonyl (C=O) groups is 1. The average Bonchev–Trinajstić information content (AvgIpc) is 3.24. The molecule has 162 valence electrons. The van der Waals surface area contributed by atoms with Crippen molar-refractivity contribution in [2.24, 2.45) is 0 Å². The van der Waals surface area contributed by atoms with Crippen molar-refractivity contribution in [3.05, 3.63) is 107 Å². The number of hydrogen-bond acceptors (Lipinski definition) is 5. The Morgan fingerprint density at radius 2 is 1.62 bits per heavy atom. The Hall–Kier alpha value is -3.51. The molecule has 1 amide bonds. The first-order valence-corrected chi connectivity index (χ1v) is 11.4. The van der Waals surface area contributed by atoms with Gasteiger partial charge >= 0.3 is 0 Å². The molecule has 0 unspecified atom stereocenters. The van der Waals surface area contributed by atoms with Crippen LogP contribution in [0.15, 0.2) is 78.9 Å². The molecule has 0 bridgehead atoms. The van der Waals surface area contributed by atoms with Crippen molar-refractivity contribution in [1.82, 2.24) is 14.7 Å². The van der Waals surface area contributed by atoms with E-state index >= 15 is 0 Å². The fourth-order valence-corrected chi connectivity index (χ4v) is 3.82. The quantitative estimate of drug-likeness (QED) is 0.389. The highest BCUT2D eigenvalue weighted by Gasteiger charge is 2.08. The summed E-state index contributed by atoms with van der Waals surface area (Å²) in [6.45, 7) is 2.70. The zero-order valence-electron chi connectivity index (χ0n) is 18.0. The lowest BCUT2D eigenvalue weighted by Gasteiger charge is -2.06. The molecule has 0 aliphatic rings. The second kappa shape index (κ2) is 10.7. The topological polar surface area (TPSA) is 64.1 Å². The molecule has 1 N–H and O–H groups in total. The van der Waals surface area contributed by atoms with Gasteiger partial charge in [-0.2, -0.15) is 9.36 Å². The third-order valence-corrected chi connectivity index (χ3v) is 5.64. The summed E-state index contributed by atoms with van der Waals surface area (Å²) in [5, 5.41) is 3.49. The third-order valence-electron chi connectivity index (χ3n) is 5.00. The lowest BCUT2D eigenvalue weighted by Crippen LogP contribution is -2.27. The maximum absolute atomic E-state index is 12.2. The van der Waals surface area contributed by atoms with Gasteiger partial charge in [-0.3, -0.25) is 4.79 Å². The van der Waals surface area contributed by atoms with Gasteiger partial charge in [-0.25, -0.2) is 0 Å². The van der Waals surface area contributed by atoms with Crippen molar-refractivity contribution in [3.63, 3.8) is 0 Å². The molecule has 4 aromatic rings. The Bertz CT molecular complexity index is 1140. The Balaban J connectivity index is 1.24. The molecule has 3 aromatic carbocycles. The first-order valence-electron chi connectivity index (χ1n) is 10.6. The van der Waals surface area contributed by atoms with Crippen LogP contribution >= 0.6 is 11.5 Å². The molecule has 0 saturated heterocycles. The Labute approximate surface area is 192 Å². The Kier molecular flexibility index (Phi) is 7.25. The number of hydrogen-bond donors (Lipinski definition) is 1. The van der Waals surface area contributed by atoms with E-state index in [9.17, 15) is 4.79 Å². The first kappa shape index (κ1) is 21.7. The molecule has 0 aliphatic carbocycles. The maximum atomic E-state index is 12.2. The molecular weight excluding hydrogens is 418 g/mol. The van der Waals surface area contributed by atoms with Crippen LogP contribution in [0, 0.1) is 6.92 Å². The van der Waals surface area contributed by atoms with E-state index in [-0.39, 0.29) is 5.91 Å². The van der Waals surface area contributed by atoms with Gasteiger partial charge in [0.25, 0.3) is 5.19 Å². The molecule has 0 atom stereocenters. The summed E-state index contributed by atoms with van der Waals surface area (Å²) >= 11 is 1.24. The molecule has 0 radical (unpaired) electrons. The highest BCUT2D eigenvalue weighted by atomic mass is 32.1. The number of aryl methyl sites for hydroxylation is 1. The normalized spacial score (nSPS) is 10.7. The third kappa shape index (κ3) is 6.49. The van der Waals surface area contributed by atoms with Crippen molar-refractivity contribution >= 4 is 17.4 Å². The highest BCUT2D eigenvalue weighted by molar-refractivity contribution is 7.07. The van der Waals surface area contributed by atoms with E-state index in [4.69, 9.17) is 4.74 Å². The molecule has 5 nitrogen and oxygen atoms in total. The van der Waals surface area contributed by atoms with Gasteiger partial charge in [-0.05, 0) is 42.2 Å². The predicted octanol–water partition coefficient (Wildman–Crippen LogP) is 5.13. The van der Waals surface area contributed by atoms with Crippen molar-refractivity contribution in [2.45, 2.75) is 26.2 Å². The van der Waals surface area contributed by atoms with Crippen LogP contribution in [0.2, 0.25) is 0 Å². The Morgan fingerprint density at radius 1 is 0.906 bits per heavy atom. The van der Waals surface area contributed by atoms with E-state index in [0.29, 0.717) is 30.3 Å². The second-order valence-corrected chi connectivity index (χ2v) is 8.36. The molecular formula is C26H25N3O2S. The smallest absolute Gasteiger partial charge is 0.298 e. The minimum Gasteiger partial charge on any atom is -0.430 e. The SMILES string of the molecule is Cc1ccc(Cc2nsc(Oc3ccc(CC(=O)NCCc4ccccc4)cc3)n2)cc1. The zero-order valence-corrected chi connectivity index (χ0v) is 18.8. The van der Waals surface area contributed by atoms with Gasteiger partial charge in [0.1, 0.15) is 5.75 Å². The van der Waals surface area contributed by atoms with Crippen LogP contribution in [0.4, 0.5) is 0 Å². The standard InChI is InChI=1S/C26H25N3O2S/c1-19-7-9-21(10-8-19)17-24-28-26(32-29-24)31-23-13-11-22(12-14-23)18-25(30)27-16-15-20-5-3-2-4-6-20/h2-14H,15-18H2,1H3,(H,27,30). The number of ether oxygens (including phenoxy) is 1. The van der Waals surface area contributed by atoms with Gasteiger partial charge in [0.05, 0.1) is 6.42 Å². The fraction of sp³-hybridized carbons (Fsp3) is 0.192. The van der Waals surface area contributed by atoms with Crippen LogP contribution in [-0.2, 0) is 24.1 Å². The molecule has 1 heterocycles. The summed E-state index contributed by atoms with van der Waals surface area (Å²) in [6, 6.07) is 26.0. The predicted molar refractivity (Wildman–Crippen MR) is 127 cm³/mol. The van der Waals surface area contributed by atoms with E-state index in [2.05, 4.69) is 58.0 Å². The van der Waals surface area contributed by atoms with Crippen molar-refractivity contribution < 1.29 is 9.53 Å². The van der Waals surface area contributed by atoms with E-state index < -0.39 is 0 Å². The van der Waals surface area contributed by atoms with Gasteiger partial charge in [-0.1, -0.05) is 72.3 Å². The molecule has 4 rings (SSSR count). The minimum atomic E-state index is 0.0134.